The highest BCUT2D eigenvalue weighted by Crippen LogP contribution is 2.20. The zero-order valence-electron chi connectivity index (χ0n) is 16.6. The lowest BCUT2D eigenvalue weighted by Gasteiger charge is -2.28. The molecule has 152 valence electrons. The molecule has 1 amide bonds. The van der Waals surface area contributed by atoms with Gasteiger partial charge in [-0.15, -0.1) is 0 Å². The fourth-order valence-corrected chi connectivity index (χ4v) is 3.43. The molecule has 0 aliphatic carbocycles. The molecule has 6 heteroatoms. The number of nitrogens with zero attached hydrogens (tertiary/aromatic N) is 1. The van der Waals surface area contributed by atoms with Crippen molar-refractivity contribution in [1.29, 1.82) is 0 Å². The molecule has 2 rings (SSSR count). The molecule has 3 atom stereocenters. The number of carbonyl (C=O) groups is 1. The van der Waals surface area contributed by atoms with Gasteiger partial charge in [0, 0.05) is 38.1 Å². The van der Waals surface area contributed by atoms with E-state index in [1.54, 1.807) is 0 Å². The Morgan fingerprint density at radius 2 is 1.93 bits per heavy atom. The van der Waals surface area contributed by atoms with Crippen LogP contribution < -0.4 is 11.1 Å². The van der Waals surface area contributed by atoms with Crippen molar-refractivity contribution in [3.8, 4) is 0 Å². The number of aliphatic hydroxyl groups excluding tert-OH is 1. The first-order chi connectivity index (χ1) is 13.0. The Hall–Kier alpha value is -1.47. The van der Waals surface area contributed by atoms with E-state index in [0.29, 0.717) is 19.4 Å². The Morgan fingerprint density at radius 3 is 2.56 bits per heavy atom. The summed E-state index contributed by atoms with van der Waals surface area (Å²) in [4.78, 5) is 14.9. The number of hydrogen-bond donors (Lipinski definition) is 3. The summed E-state index contributed by atoms with van der Waals surface area (Å²) in [5.74, 6) is -0.0947. The Morgan fingerprint density at radius 1 is 1.26 bits per heavy atom. The monoisotopic (exact) mass is 377 g/mol. The number of nitrogens with two attached hydrogens (primary N) is 1. The van der Waals surface area contributed by atoms with Gasteiger partial charge in [-0.05, 0) is 24.3 Å². The van der Waals surface area contributed by atoms with E-state index in [4.69, 9.17) is 10.5 Å². The molecular formula is C21H35N3O3. The maximum absolute atomic E-state index is 12.6. The number of morpholine rings is 1. The minimum Gasteiger partial charge on any atom is -0.391 e. The number of carbonyl (C=O) groups excluding carboxylic acids is 1. The molecule has 0 unspecified atom stereocenters. The van der Waals surface area contributed by atoms with Gasteiger partial charge in [-0.1, -0.05) is 44.2 Å². The minimum absolute atomic E-state index is 0.00391. The van der Waals surface area contributed by atoms with Crippen molar-refractivity contribution in [2.45, 2.75) is 38.8 Å². The average Bonchev–Trinajstić information content (AvgIpc) is 2.67. The standard InChI is InChI=1S/C21H35N3O3/c1-16(2)18(21(26)23-8-9-24-10-12-27-13-11-24)15-20(25)19(22)14-17-6-4-3-5-7-17/h3-7,16,18-20,25H,8-15,22H2,1-2H3,(H,23,26)/t18-,19-,20-/m0/s1. The summed E-state index contributed by atoms with van der Waals surface area (Å²) < 4.78 is 5.34. The van der Waals surface area contributed by atoms with Crippen LogP contribution in [-0.4, -0.2) is 67.5 Å². The minimum atomic E-state index is -0.706. The van der Waals surface area contributed by atoms with Crippen molar-refractivity contribution >= 4 is 5.91 Å². The fourth-order valence-electron chi connectivity index (χ4n) is 3.43. The summed E-state index contributed by atoms with van der Waals surface area (Å²) in [5.41, 5.74) is 7.29. The van der Waals surface area contributed by atoms with E-state index >= 15 is 0 Å². The van der Waals surface area contributed by atoms with Crippen LogP contribution in [0.15, 0.2) is 30.3 Å². The van der Waals surface area contributed by atoms with Gasteiger partial charge in [0.2, 0.25) is 5.91 Å². The van der Waals surface area contributed by atoms with Crippen LogP contribution in [0.3, 0.4) is 0 Å². The quantitative estimate of drug-likeness (QED) is 0.567. The predicted molar refractivity (Wildman–Crippen MR) is 107 cm³/mol. The molecule has 0 spiro atoms. The largest absolute Gasteiger partial charge is 0.391 e. The van der Waals surface area contributed by atoms with Gasteiger partial charge in [-0.3, -0.25) is 9.69 Å². The van der Waals surface area contributed by atoms with E-state index in [9.17, 15) is 9.90 Å². The highest BCUT2D eigenvalue weighted by Gasteiger charge is 2.28. The zero-order valence-corrected chi connectivity index (χ0v) is 16.6. The van der Waals surface area contributed by atoms with Crippen LogP contribution in [0, 0.1) is 11.8 Å². The van der Waals surface area contributed by atoms with Gasteiger partial charge in [0.1, 0.15) is 0 Å². The summed E-state index contributed by atoms with van der Waals surface area (Å²) in [5, 5.41) is 13.6. The molecule has 1 aliphatic heterocycles. The highest BCUT2D eigenvalue weighted by molar-refractivity contribution is 5.78. The summed E-state index contributed by atoms with van der Waals surface area (Å²) in [7, 11) is 0. The number of rotatable bonds is 10. The maximum Gasteiger partial charge on any atom is 0.223 e. The molecule has 0 saturated carbocycles. The Bertz CT molecular complexity index is 547. The predicted octanol–water partition coefficient (Wildman–Crippen LogP) is 1.03. The second-order valence-electron chi connectivity index (χ2n) is 7.75. The van der Waals surface area contributed by atoms with Crippen molar-refractivity contribution in [2.75, 3.05) is 39.4 Å². The molecule has 6 nitrogen and oxygen atoms in total. The number of aliphatic hydroxyl groups is 1. The molecule has 1 fully saturated rings. The van der Waals surface area contributed by atoms with Crippen LogP contribution >= 0.6 is 0 Å². The molecule has 0 bridgehead atoms. The topological polar surface area (TPSA) is 87.8 Å². The lowest BCUT2D eigenvalue weighted by molar-refractivity contribution is -0.127. The van der Waals surface area contributed by atoms with Crippen LogP contribution in [-0.2, 0) is 16.0 Å². The molecular weight excluding hydrogens is 342 g/mol. The molecule has 1 aromatic carbocycles. The van der Waals surface area contributed by atoms with E-state index in [1.165, 1.54) is 0 Å². The second kappa shape index (κ2) is 11.4. The van der Waals surface area contributed by atoms with Gasteiger partial charge in [0.05, 0.1) is 19.3 Å². The van der Waals surface area contributed by atoms with Crippen molar-refractivity contribution in [2.24, 2.45) is 17.6 Å². The SMILES string of the molecule is CC(C)[C@H](C[C@H](O)[C@@H](N)Cc1ccccc1)C(=O)NCCN1CCOCC1. The van der Waals surface area contributed by atoms with Crippen molar-refractivity contribution < 1.29 is 14.6 Å². The number of amides is 1. The molecule has 1 aliphatic rings. The van der Waals surface area contributed by atoms with E-state index in [-0.39, 0.29) is 23.8 Å². The van der Waals surface area contributed by atoms with Crippen LogP contribution in [0.4, 0.5) is 0 Å². The third-order valence-corrected chi connectivity index (χ3v) is 5.28. The van der Waals surface area contributed by atoms with Crippen molar-refractivity contribution in [3.63, 3.8) is 0 Å². The van der Waals surface area contributed by atoms with Gasteiger partial charge in [0.15, 0.2) is 0 Å². The number of hydrogen-bond acceptors (Lipinski definition) is 5. The number of ether oxygens (including phenoxy) is 1. The average molecular weight is 378 g/mol. The first kappa shape index (κ1) is 21.8. The lowest BCUT2D eigenvalue weighted by Crippen LogP contribution is -2.45. The van der Waals surface area contributed by atoms with Crippen LogP contribution in [0.1, 0.15) is 25.8 Å². The fraction of sp³-hybridized carbons (Fsp3) is 0.667. The molecule has 0 radical (unpaired) electrons. The van der Waals surface area contributed by atoms with Crippen molar-refractivity contribution in [1.82, 2.24) is 10.2 Å². The Balaban J connectivity index is 1.79. The summed E-state index contributed by atoms with van der Waals surface area (Å²) >= 11 is 0. The lowest BCUT2D eigenvalue weighted by atomic mass is 9.86. The third kappa shape index (κ3) is 7.58. The maximum atomic E-state index is 12.6. The molecule has 1 aromatic rings. The number of benzene rings is 1. The first-order valence-corrected chi connectivity index (χ1v) is 10.0. The van der Waals surface area contributed by atoms with Gasteiger partial charge < -0.3 is 20.9 Å². The van der Waals surface area contributed by atoms with Crippen LogP contribution in [0.25, 0.3) is 0 Å². The Labute approximate surface area is 163 Å². The summed E-state index contributed by atoms with van der Waals surface area (Å²) in [6.07, 6.45) is 0.281. The molecule has 1 saturated heterocycles. The number of nitrogens with one attached hydrogen (secondary N) is 1. The van der Waals surface area contributed by atoms with Crippen molar-refractivity contribution in [3.05, 3.63) is 35.9 Å². The summed E-state index contributed by atoms with van der Waals surface area (Å²) in [6, 6.07) is 9.52. The Kier molecular flexibility index (Phi) is 9.21. The summed E-state index contributed by atoms with van der Waals surface area (Å²) in [6.45, 7) is 8.82. The van der Waals surface area contributed by atoms with E-state index in [1.807, 2.05) is 44.2 Å². The van der Waals surface area contributed by atoms with E-state index < -0.39 is 6.10 Å². The van der Waals surface area contributed by atoms with Gasteiger partial charge in [-0.25, -0.2) is 0 Å². The van der Waals surface area contributed by atoms with Gasteiger partial charge >= 0.3 is 0 Å². The van der Waals surface area contributed by atoms with Gasteiger partial charge in [-0.2, -0.15) is 0 Å². The van der Waals surface area contributed by atoms with E-state index in [2.05, 4.69) is 10.2 Å². The van der Waals surface area contributed by atoms with Crippen LogP contribution in [0.2, 0.25) is 0 Å². The molecule has 4 N–H and O–H groups in total. The normalized spacial score (nSPS) is 18.9. The second-order valence-corrected chi connectivity index (χ2v) is 7.75. The third-order valence-electron chi connectivity index (χ3n) is 5.28. The zero-order chi connectivity index (χ0) is 19.6. The van der Waals surface area contributed by atoms with E-state index in [0.717, 1.165) is 38.4 Å². The van der Waals surface area contributed by atoms with Gasteiger partial charge in [0.25, 0.3) is 0 Å². The van der Waals surface area contributed by atoms with Crippen LogP contribution in [0.5, 0.6) is 0 Å². The molecule has 1 heterocycles. The first-order valence-electron chi connectivity index (χ1n) is 10.0. The smallest absolute Gasteiger partial charge is 0.223 e. The molecule has 27 heavy (non-hydrogen) atoms. The molecule has 0 aromatic heterocycles. The highest BCUT2D eigenvalue weighted by atomic mass is 16.5.